The van der Waals surface area contributed by atoms with Crippen LogP contribution in [0.15, 0.2) is 30.3 Å². The molecular formula is C23H28N4O3. The largest absolute Gasteiger partial charge is 0.351 e. The number of carbonyl (C=O) groups is 2. The van der Waals surface area contributed by atoms with Gasteiger partial charge in [-0.1, -0.05) is 30.3 Å². The number of hydrogen-bond donors (Lipinski definition) is 0. The zero-order valence-corrected chi connectivity index (χ0v) is 17.8. The molecule has 7 nitrogen and oxygen atoms in total. The molecule has 0 radical (unpaired) electrons. The molecule has 0 unspecified atom stereocenters. The summed E-state index contributed by atoms with van der Waals surface area (Å²) in [7, 11) is 0. The SMILES string of the molecule is Cc1nn(CCC(=O)N2CC[C@@]34OC[C@@H](c5ccccc5)N3C(=O)C[C@@H]24)c(C)c1C. The Bertz CT molecular complexity index is 1000. The molecular weight excluding hydrogens is 380 g/mol. The summed E-state index contributed by atoms with van der Waals surface area (Å²) in [6, 6.07) is 9.77. The number of benzene rings is 1. The van der Waals surface area contributed by atoms with E-state index in [4.69, 9.17) is 4.74 Å². The maximum Gasteiger partial charge on any atom is 0.227 e. The van der Waals surface area contributed by atoms with Crippen molar-refractivity contribution in [3.63, 3.8) is 0 Å². The van der Waals surface area contributed by atoms with Gasteiger partial charge in [-0.15, -0.1) is 0 Å². The Morgan fingerprint density at radius 1 is 1.23 bits per heavy atom. The molecule has 7 heteroatoms. The van der Waals surface area contributed by atoms with E-state index in [1.807, 2.05) is 58.7 Å². The number of aryl methyl sites for hydroxylation is 2. The van der Waals surface area contributed by atoms with Gasteiger partial charge in [0, 0.05) is 31.6 Å². The highest BCUT2D eigenvalue weighted by atomic mass is 16.5. The maximum absolute atomic E-state index is 13.1. The second-order valence-electron chi connectivity index (χ2n) is 8.67. The molecule has 30 heavy (non-hydrogen) atoms. The Kier molecular flexibility index (Phi) is 4.47. The first-order valence-corrected chi connectivity index (χ1v) is 10.7. The lowest BCUT2D eigenvalue weighted by Gasteiger charge is -2.33. The van der Waals surface area contributed by atoms with E-state index in [0.29, 0.717) is 39.0 Å². The third kappa shape index (κ3) is 2.71. The number of aromatic nitrogens is 2. The summed E-state index contributed by atoms with van der Waals surface area (Å²) >= 11 is 0. The molecule has 158 valence electrons. The van der Waals surface area contributed by atoms with Crippen molar-refractivity contribution in [2.45, 2.75) is 64.4 Å². The molecule has 3 fully saturated rings. The molecule has 3 aliphatic heterocycles. The molecule has 4 heterocycles. The fourth-order valence-corrected chi connectivity index (χ4v) is 5.41. The standard InChI is InChI=1S/C23H28N4O3/c1-15-16(2)24-26(17(15)3)11-9-21(28)25-12-10-23-20(25)13-22(29)27(23)19(14-30-23)18-7-5-4-6-8-18/h4-8,19-20H,9-14H2,1-3H3/t19-,20+,23-/m0/s1. The Morgan fingerprint density at radius 3 is 2.70 bits per heavy atom. The third-order valence-corrected chi connectivity index (χ3v) is 7.24. The van der Waals surface area contributed by atoms with Crippen LogP contribution in [0, 0.1) is 20.8 Å². The van der Waals surface area contributed by atoms with Gasteiger partial charge in [-0.25, -0.2) is 0 Å². The van der Waals surface area contributed by atoms with Gasteiger partial charge in [0.15, 0.2) is 5.72 Å². The van der Waals surface area contributed by atoms with E-state index in [2.05, 4.69) is 12.0 Å². The lowest BCUT2D eigenvalue weighted by molar-refractivity contribution is -0.141. The van der Waals surface area contributed by atoms with E-state index in [-0.39, 0.29) is 23.9 Å². The van der Waals surface area contributed by atoms with Crippen molar-refractivity contribution in [1.29, 1.82) is 0 Å². The zero-order valence-electron chi connectivity index (χ0n) is 17.8. The van der Waals surface area contributed by atoms with Crippen LogP contribution in [0.3, 0.4) is 0 Å². The molecule has 1 aromatic heterocycles. The van der Waals surface area contributed by atoms with Gasteiger partial charge in [0.2, 0.25) is 11.8 Å². The normalized spacial score (nSPS) is 27.6. The summed E-state index contributed by atoms with van der Waals surface area (Å²) in [6.07, 6.45) is 1.40. The number of likely N-dealkylation sites (tertiary alicyclic amines) is 1. The Hall–Kier alpha value is -2.67. The van der Waals surface area contributed by atoms with Crippen LogP contribution < -0.4 is 0 Å². The van der Waals surface area contributed by atoms with Gasteiger partial charge in [0.1, 0.15) is 0 Å². The van der Waals surface area contributed by atoms with Crippen LogP contribution in [0.25, 0.3) is 0 Å². The summed E-state index contributed by atoms with van der Waals surface area (Å²) < 4.78 is 8.22. The van der Waals surface area contributed by atoms with Crippen LogP contribution >= 0.6 is 0 Å². The summed E-state index contributed by atoms with van der Waals surface area (Å²) in [5.74, 6) is 0.154. The monoisotopic (exact) mass is 408 g/mol. The quantitative estimate of drug-likeness (QED) is 0.780. The average Bonchev–Trinajstić information content (AvgIpc) is 3.44. The van der Waals surface area contributed by atoms with Crippen LogP contribution in [0.2, 0.25) is 0 Å². The Labute approximate surface area is 176 Å². The molecule has 3 atom stereocenters. The molecule has 0 aliphatic carbocycles. The lowest BCUT2D eigenvalue weighted by Crippen LogP contribution is -2.49. The average molecular weight is 409 g/mol. The predicted molar refractivity (Wildman–Crippen MR) is 111 cm³/mol. The van der Waals surface area contributed by atoms with E-state index in [9.17, 15) is 9.59 Å². The molecule has 2 aromatic rings. The second-order valence-corrected chi connectivity index (χ2v) is 8.67. The van der Waals surface area contributed by atoms with Gasteiger partial charge >= 0.3 is 0 Å². The smallest absolute Gasteiger partial charge is 0.227 e. The Morgan fingerprint density at radius 2 is 2.00 bits per heavy atom. The van der Waals surface area contributed by atoms with Crippen LogP contribution in [0.5, 0.6) is 0 Å². The summed E-state index contributed by atoms with van der Waals surface area (Å²) in [5, 5.41) is 4.54. The van der Waals surface area contributed by atoms with Gasteiger partial charge in [-0.3, -0.25) is 14.3 Å². The Balaban J connectivity index is 1.33. The third-order valence-electron chi connectivity index (χ3n) is 7.24. The minimum atomic E-state index is -0.665. The number of nitrogens with zero attached hydrogens (tertiary/aromatic N) is 4. The highest BCUT2D eigenvalue weighted by Gasteiger charge is 2.65. The molecule has 3 aliphatic rings. The molecule has 0 bridgehead atoms. The molecule has 1 spiro atoms. The van der Waals surface area contributed by atoms with Crippen LogP contribution in [0.1, 0.15) is 47.8 Å². The number of hydrogen-bond acceptors (Lipinski definition) is 4. The molecule has 5 rings (SSSR count). The lowest BCUT2D eigenvalue weighted by atomic mass is 10.0. The van der Waals surface area contributed by atoms with E-state index < -0.39 is 5.72 Å². The van der Waals surface area contributed by atoms with Crippen molar-refractivity contribution >= 4 is 11.8 Å². The van der Waals surface area contributed by atoms with Gasteiger partial charge in [-0.2, -0.15) is 5.10 Å². The van der Waals surface area contributed by atoms with Crippen molar-refractivity contribution in [3.8, 4) is 0 Å². The highest BCUT2D eigenvalue weighted by Crippen LogP contribution is 2.51. The van der Waals surface area contributed by atoms with E-state index in [1.165, 1.54) is 5.56 Å². The predicted octanol–water partition coefficient (Wildman–Crippen LogP) is 2.50. The van der Waals surface area contributed by atoms with Gasteiger partial charge in [-0.05, 0) is 31.9 Å². The molecule has 0 saturated carbocycles. The minimum Gasteiger partial charge on any atom is -0.351 e. The summed E-state index contributed by atoms with van der Waals surface area (Å²) in [4.78, 5) is 29.9. The van der Waals surface area contributed by atoms with Crippen molar-refractivity contribution in [2.24, 2.45) is 0 Å². The molecule has 3 saturated heterocycles. The first-order valence-electron chi connectivity index (χ1n) is 10.7. The molecule has 0 N–H and O–H groups in total. The van der Waals surface area contributed by atoms with Crippen molar-refractivity contribution < 1.29 is 14.3 Å². The van der Waals surface area contributed by atoms with E-state index in [0.717, 1.165) is 17.0 Å². The first-order chi connectivity index (χ1) is 14.4. The fourth-order valence-electron chi connectivity index (χ4n) is 5.41. The topological polar surface area (TPSA) is 67.7 Å². The van der Waals surface area contributed by atoms with Gasteiger partial charge in [0.25, 0.3) is 0 Å². The first kappa shape index (κ1) is 19.3. The second kappa shape index (κ2) is 6.94. The minimum absolute atomic E-state index is 0.0727. The van der Waals surface area contributed by atoms with Gasteiger partial charge < -0.3 is 14.5 Å². The van der Waals surface area contributed by atoms with Crippen molar-refractivity contribution in [3.05, 3.63) is 52.8 Å². The zero-order chi connectivity index (χ0) is 21.0. The maximum atomic E-state index is 13.1. The number of carbonyl (C=O) groups excluding carboxylic acids is 2. The number of rotatable bonds is 4. The van der Waals surface area contributed by atoms with E-state index in [1.54, 1.807) is 0 Å². The van der Waals surface area contributed by atoms with Crippen LogP contribution in [-0.2, 0) is 20.9 Å². The highest BCUT2D eigenvalue weighted by molar-refractivity contribution is 5.85. The fraction of sp³-hybridized carbons (Fsp3) is 0.522. The number of ether oxygens (including phenoxy) is 1. The van der Waals surface area contributed by atoms with Crippen LogP contribution in [-0.4, -0.2) is 56.3 Å². The molecule has 1 aromatic carbocycles. The summed E-state index contributed by atoms with van der Waals surface area (Å²) in [5.41, 5.74) is 3.70. The van der Waals surface area contributed by atoms with Crippen molar-refractivity contribution in [1.82, 2.24) is 19.6 Å². The van der Waals surface area contributed by atoms with E-state index >= 15 is 0 Å². The summed E-state index contributed by atoms with van der Waals surface area (Å²) in [6.45, 7) is 7.75. The molecule has 2 amide bonds. The van der Waals surface area contributed by atoms with Crippen molar-refractivity contribution in [2.75, 3.05) is 13.2 Å². The number of amides is 2. The van der Waals surface area contributed by atoms with Gasteiger partial charge in [0.05, 0.1) is 30.8 Å². The van der Waals surface area contributed by atoms with Crippen LogP contribution in [0.4, 0.5) is 0 Å².